The third kappa shape index (κ3) is 1.46. The van der Waals surface area contributed by atoms with Crippen LogP contribution in [-0.2, 0) is 4.79 Å². The van der Waals surface area contributed by atoms with E-state index in [0.717, 1.165) is 21.7 Å². The quantitative estimate of drug-likeness (QED) is 0.744. The van der Waals surface area contributed by atoms with Crippen LogP contribution in [0.25, 0.3) is 11.6 Å². The van der Waals surface area contributed by atoms with Crippen LogP contribution in [-0.4, -0.2) is 5.91 Å². The Kier molecular flexibility index (Phi) is 2.11. The van der Waals surface area contributed by atoms with Crippen molar-refractivity contribution in [2.75, 3.05) is 5.32 Å². The average molecular weight is 227 g/mol. The number of rotatable bonds is 1. The molecule has 0 saturated carbocycles. The number of carbonyl (C=O) groups is 1. The van der Waals surface area contributed by atoms with Crippen molar-refractivity contribution >= 4 is 34.6 Å². The maximum Gasteiger partial charge on any atom is 0.256 e. The molecule has 2 aromatic rings. The van der Waals surface area contributed by atoms with Crippen LogP contribution in [0.15, 0.2) is 41.8 Å². The number of fused-ring (bicyclic) bond motifs is 1. The lowest BCUT2D eigenvalue weighted by Gasteiger charge is -1.95. The Labute approximate surface area is 97.2 Å². The Morgan fingerprint density at radius 2 is 2.00 bits per heavy atom. The number of anilines is 1. The standard InChI is InChI=1S/C13H9NOS/c15-13-11(8-9-4-3-7-16-9)10-5-1-2-6-12(10)14-13/h1-8H,(H,14,15)/b11-8+. The second-order valence-electron chi connectivity index (χ2n) is 3.57. The van der Waals surface area contributed by atoms with Crippen molar-refractivity contribution in [3.05, 3.63) is 52.2 Å². The molecule has 78 valence electrons. The largest absolute Gasteiger partial charge is 0.321 e. The first kappa shape index (κ1) is 9.36. The van der Waals surface area contributed by atoms with Gasteiger partial charge in [0.25, 0.3) is 5.91 Å². The number of nitrogens with one attached hydrogen (secondary N) is 1. The van der Waals surface area contributed by atoms with E-state index in [1.54, 1.807) is 11.3 Å². The van der Waals surface area contributed by atoms with Crippen LogP contribution in [0.3, 0.4) is 0 Å². The van der Waals surface area contributed by atoms with Gasteiger partial charge in [0.1, 0.15) is 0 Å². The minimum atomic E-state index is -0.0189. The van der Waals surface area contributed by atoms with Crippen molar-refractivity contribution in [2.24, 2.45) is 0 Å². The van der Waals surface area contributed by atoms with E-state index in [1.807, 2.05) is 47.9 Å². The third-order valence-corrected chi connectivity index (χ3v) is 3.36. The van der Waals surface area contributed by atoms with Crippen LogP contribution in [0.2, 0.25) is 0 Å². The van der Waals surface area contributed by atoms with Gasteiger partial charge in [-0.1, -0.05) is 24.3 Å². The van der Waals surface area contributed by atoms with Gasteiger partial charge in [0.15, 0.2) is 0 Å². The molecule has 1 aliphatic rings. The van der Waals surface area contributed by atoms with E-state index in [-0.39, 0.29) is 5.91 Å². The van der Waals surface area contributed by atoms with Crippen LogP contribution < -0.4 is 5.32 Å². The third-order valence-electron chi connectivity index (χ3n) is 2.54. The minimum absolute atomic E-state index is 0.0189. The fourth-order valence-corrected chi connectivity index (χ4v) is 2.46. The fourth-order valence-electron chi connectivity index (χ4n) is 1.80. The zero-order chi connectivity index (χ0) is 11.0. The molecule has 1 aromatic heterocycles. The van der Waals surface area contributed by atoms with Crippen molar-refractivity contribution in [1.29, 1.82) is 0 Å². The number of hydrogen-bond acceptors (Lipinski definition) is 2. The molecule has 2 nitrogen and oxygen atoms in total. The van der Waals surface area contributed by atoms with E-state index in [0.29, 0.717) is 0 Å². The average Bonchev–Trinajstić information content (AvgIpc) is 2.89. The van der Waals surface area contributed by atoms with Crippen molar-refractivity contribution in [1.82, 2.24) is 0 Å². The Hall–Kier alpha value is -1.87. The maximum atomic E-state index is 11.8. The highest BCUT2D eigenvalue weighted by Gasteiger charge is 2.23. The van der Waals surface area contributed by atoms with Crippen LogP contribution >= 0.6 is 11.3 Å². The Balaban J connectivity index is 2.12. The summed E-state index contributed by atoms with van der Waals surface area (Å²) < 4.78 is 0. The normalized spacial score (nSPS) is 16.2. The monoisotopic (exact) mass is 227 g/mol. The van der Waals surface area contributed by atoms with E-state index < -0.39 is 0 Å². The summed E-state index contributed by atoms with van der Waals surface area (Å²) in [6.45, 7) is 0. The van der Waals surface area contributed by atoms with Gasteiger partial charge in [-0.05, 0) is 23.6 Å². The van der Waals surface area contributed by atoms with Crippen LogP contribution in [0.1, 0.15) is 10.4 Å². The zero-order valence-corrected chi connectivity index (χ0v) is 9.25. The number of carbonyl (C=O) groups excluding carboxylic acids is 1. The SMILES string of the molecule is O=C1Nc2ccccc2/C1=C\c1cccs1. The molecule has 16 heavy (non-hydrogen) atoms. The zero-order valence-electron chi connectivity index (χ0n) is 8.44. The van der Waals surface area contributed by atoms with Crippen molar-refractivity contribution in [3.8, 4) is 0 Å². The Morgan fingerprint density at radius 3 is 2.81 bits per heavy atom. The minimum Gasteiger partial charge on any atom is -0.321 e. The lowest BCUT2D eigenvalue weighted by molar-refractivity contribution is -0.110. The number of thiophene rings is 1. The molecule has 1 aromatic carbocycles. The highest BCUT2D eigenvalue weighted by Crippen LogP contribution is 2.33. The van der Waals surface area contributed by atoms with Gasteiger partial charge in [-0.3, -0.25) is 4.79 Å². The van der Waals surface area contributed by atoms with E-state index in [2.05, 4.69) is 5.32 Å². The van der Waals surface area contributed by atoms with Gasteiger partial charge in [-0.25, -0.2) is 0 Å². The van der Waals surface area contributed by atoms with Gasteiger partial charge in [-0.15, -0.1) is 11.3 Å². The van der Waals surface area contributed by atoms with Gasteiger partial charge in [0.2, 0.25) is 0 Å². The lowest BCUT2D eigenvalue weighted by Crippen LogP contribution is -2.03. The first-order valence-electron chi connectivity index (χ1n) is 5.00. The number of hydrogen-bond donors (Lipinski definition) is 1. The number of amides is 1. The van der Waals surface area contributed by atoms with Gasteiger partial charge in [0, 0.05) is 16.1 Å². The second-order valence-corrected chi connectivity index (χ2v) is 4.55. The Bertz CT molecular complexity index is 569. The molecule has 3 rings (SSSR count). The molecule has 0 aliphatic carbocycles. The molecule has 0 fully saturated rings. The molecule has 1 aliphatic heterocycles. The molecule has 1 N–H and O–H groups in total. The van der Waals surface area contributed by atoms with Gasteiger partial charge in [-0.2, -0.15) is 0 Å². The summed E-state index contributed by atoms with van der Waals surface area (Å²) in [6.07, 6.45) is 1.94. The second kappa shape index (κ2) is 3.61. The molecule has 0 saturated heterocycles. The molecule has 0 unspecified atom stereocenters. The first-order valence-corrected chi connectivity index (χ1v) is 5.88. The van der Waals surface area contributed by atoms with E-state index in [4.69, 9.17) is 0 Å². The smallest absolute Gasteiger partial charge is 0.256 e. The summed E-state index contributed by atoms with van der Waals surface area (Å²) in [4.78, 5) is 12.9. The highest BCUT2D eigenvalue weighted by molar-refractivity contribution is 7.11. The predicted molar refractivity (Wildman–Crippen MR) is 67.3 cm³/mol. The fraction of sp³-hybridized carbons (Fsp3) is 0. The number of para-hydroxylation sites is 1. The summed E-state index contributed by atoms with van der Waals surface area (Å²) in [6, 6.07) is 11.7. The van der Waals surface area contributed by atoms with Crippen LogP contribution in [0.4, 0.5) is 5.69 Å². The molecule has 1 amide bonds. The summed E-state index contributed by atoms with van der Waals surface area (Å²) in [5.41, 5.74) is 2.63. The van der Waals surface area contributed by atoms with Crippen molar-refractivity contribution in [3.63, 3.8) is 0 Å². The summed E-state index contributed by atoms with van der Waals surface area (Å²) in [5, 5.41) is 4.86. The van der Waals surface area contributed by atoms with Crippen molar-refractivity contribution in [2.45, 2.75) is 0 Å². The molecular formula is C13H9NOS. The summed E-state index contributed by atoms with van der Waals surface area (Å²) in [7, 11) is 0. The summed E-state index contributed by atoms with van der Waals surface area (Å²) in [5.74, 6) is -0.0189. The van der Waals surface area contributed by atoms with Crippen LogP contribution in [0.5, 0.6) is 0 Å². The highest BCUT2D eigenvalue weighted by atomic mass is 32.1. The Morgan fingerprint density at radius 1 is 1.12 bits per heavy atom. The molecule has 2 heterocycles. The predicted octanol–water partition coefficient (Wildman–Crippen LogP) is 3.24. The van der Waals surface area contributed by atoms with E-state index >= 15 is 0 Å². The van der Waals surface area contributed by atoms with Gasteiger partial charge >= 0.3 is 0 Å². The lowest BCUT2D eigenvalue weighted by atomic mass is 10.1. The van der Waals surface area contributed by atoms with E-state index in [1.165, 1.54) is 0 Å². The first-order chi connectivity index (χ1) is 7.84. The van der Waals surface area contributed by atoms with Gasteiger partial charge in [0.05, 0.1) is 5.57 Å². The van der Waals surface area contributed by atoms with Crippen LogP contribution in [0, 0.1) is 0 Å². The van der Waals surface area contributed by atoms with Crippen molar-refractivity contribution < 1.29 is 4.79 Å². The maximum absolute atomic E-state index is 11.8. The molecule has 0 bridgehead atoms. The molecular weight excluding hydrogens is 218 g/mol. The molecule has 0 radical (unpaired) electrons. The topological polar surface area (TPSA) is 29.1 Å². The molecule has 3 heteroatoms. The van der Waals surface area contributed by atoms with Gasteiger partial charge < -0.3 is 5.32 Å². The molecule has 0 atom stereocenters. The summed E-state index contributed by atoms with van der Waals surface area (Å²) >= 11 is 1.63. The van der Waals surface area contributed by atoms with E-state index in [9.17, 15) is 4.79 Å². The molecule has 0 spiro atoms. The number of benzene rings is 1.